The van der Waals surface area contributed by atoms with Crippen LogP contribution in [0.5, 0.6) is 0 Å². The lowest BCUT2D eigenvalue weighted by Gasteiger charge is -2.19. The maximum absolute atomic E-state index is 13.5. The van der Waals surface area contributed by atoms with Crippen LogP contribution in [0.3, 0.4) is 0 Å². The predicted octanol–water partition coefficient (Wildman–Crippen LogP) is 2.04. The molecule has 0 unspecified atom stereocenters. The summed E-state index contributed by atoms with van der Waals surface area (Å²) in [6, 6.07) is 18.3. The van der Waals surface area contributed by atoms with Gasteiger partial charge in [-0.1, -0.05) is 67.2 Å². The summed E-state index contributed by atoms with van der Waals surface area (Å²) in [5, 5.41) is 1.40. The number of benzene rings is 2. The van der Waals surface area contributed by atoms with Gasteiger partial charge in [0.2, 0.25) is 5.91 Å². The molecule has 2 rings (SSSR count). The molecule has 0 saturated carbocycles. The van der Waals surface area contributed by atoms with Crippen molar-refractivity contribution in [3.63, 3.8) is 0 Å². The molecule has 0 aliphatic carbocycles. The summed E-state index contributed by atoms with van der Waals surface area (Å²) >= 11 is 0. The molecule has 0 fully saturated rings. The molecule has 20 heavy (non-hydrogen) atoms. The fraction of sp³-hybridized carbons (Fsp3) is 0.0625. The quantitative estimate of drug-likeness (QED) is 0.675. The maximum atomic E-state index is 13.5. The van der Waals surface area contributed by atoms with Gasteiger partial charge >= 0.3 is 0 Å². The highest BCUT2D eigenvalue weighted by Gasteiger charge is 2.28. The van der Waals surface area contributed by atoms with Gasteiger partial charge in [-0.15, -0.1) is 0 Å². The SMILES string of the molecule is C=C(CP(=O)(c1ccccc1)c1ccccc1)C(N)=O. The average Bonchev–Trinajstić information content (AvgIpc) is 2.48. The molecule has 0 aromatic heterocycles. The Labute approximate surface area is 118 Å². The summed E-state index contributed by atoms with van der Waals surface area (Å²) in [5.41, 5.74) is 5.42. The van der Waals surface area contributed by atoms with Gasteiger partial charge in [-0.05, 0) is 0 Å². The summed E-state index contributed by atoms with van der Waals surface area (Å²) < 4.78 is 13.5. The third-order valence-corrected chi connectivity index (χ3v) is 6.20. The first-order valence-electron chi connectivity index (χ1n) is 6.22. The van der Waals surface area contributed by atoms with Gasteiger partial charge in [0.1, 0.15) is 7.14 Å². The summed E-state index contributed by atoms with van der Waals surface area (Å²) in [7, 11) is -2.93. The molecule has 4 heteroatoms. The molecule has 102 valence electrons. The van der Waals surface area contributed by atoms with Crippen LogP contribution in [0.2, 0.25) is 0 Å². The number of carbonyl (C=O) groups is 1. The van der Waals surface area contributed by atoms with E-state index in [9.17, 15) is 9.36 Å². The zero-order valence-electron chi connectivity index (χ0n) is 11.0. The van der Waals surface area contributed by atoms with Crippen molar-refractivity contribution in [2.45, 2.75) is 0 Å². The monoisotopic (exact) mass is 285 g/mol. The molecule has 0 radical (unpaired) electrons. The van der Waals surface area contributed by atoms with Crippen LogP contribution >= 0.6 is 7.14 Å². The standard InChI is InChI=1S/C16H16NO2P/c1-13(16(17)18)12-20(19,14-8-4-2-5-9-14)15-10-6-3-7-11-15/h2-11H,1,12H2,(H2,17,18). The highest BCUT2D eigenvalue weighted by Crippen LogP contribution is 2.44. The first-order valence-corrected chi connectivity index (χ1v) is 8.11. The van der Waals surface area contributed by atoms with E-state index < -0.39 is 13.0 Å². The van der Waals surface area contributed by atoms with Crippen LogP contribution in [-0.4, -0.2) is 12.1 Å². The van der Waals surface area contributed by atoms with Crippen LogP contribution in [0.25, 0.3) is 0 Å². The fourth-order valence-electron chi connectivity index (χ4n) is 2.02. The van der Waals surface area contributed by atoms with Gasteiger partial charge in [0.15, 0.2) is 0 Å². The largest absolute Gasteiger partial charge is 0.366 e. The van der Waals surface area contributed by atoms with E-state index >= 15 is 0 Å². The molecule has 0 heterocycles. The second-order valence-corrected chi connectivity index (χ2v) is 7.37. The number of hydrogen-bond acceptors (Lipinski definition) is 2. The minimum atomic E-state index is -2.93. The number of carbonyl (C=O) groups excluding carboxylic acids is 1. The van der Waals surface area contributed by atoms with Gasteiger partial charge in [-0.25, -0.2) is 0 Å². The van der Waals surface area contributed by atoms with Crippen molar-refractivity contribution in [1.29, 1.82) is 0 Å². The Morgan fingerprint density at radius 3 is 1.70 bits per heavy atom. The fourth-order valence-corrected chi connectivity index (χ4v) is 4.68. The van der Waals surface area contributed by atoms with Crippen molar-refractivity contribution in [2.24, 2.45) is 5.73 Å². The normalized spacial score (nSPS) is 11.0. The average molecular weight is 285 g/mol. The topological polar surface area (TPSA) is 60.2 Å². The Balaban J connectivity index is 2.53. The van der Waals surface area contributed by atoms with Gasteiger partial charge in [0.05, 0.1) is 0 Å². The maximum Gasteiger partial charge on any atom is 0.244 e. The zero-order chi connectivity index (χ0) is 14.6. The van der Waals surface area contributed by atoms with Crippen LogP contribution in [0, 0.1) is 0 Å². The lowest BCUT2D eigenvalue weighted by Crippen LogP contribution is -2.23. The van der Waals surface area contributed by atoms with Crippen LogP contribution in [0.4, 0.5) is 0 Å². The molecule has 0 bridgehead atoms. The lowest BCUT2D eigenvalue weighted by atomic mass is 10.3. The second-order valence-electron chi connectivity index (χ2n) is 4.54. The van der Waals surface area contributed by atoms with E-state index in [1.807, 2.05) is 60.7 Å². The van der Waals surface area contributed by atoms with Crippen LogP contribution < -0.4 is 16.3 Å². The predicted molar refractivity (Wildman–Crippen MR) is 83.0 cm³/mol. The van der Waals surface area contributed by atoms with Crippen molar-refractivity contribution in [1.82, 2.24) is 0 Å². The van der Waals surface area contributed by atoms with Gasteiger partial charge < -0.3 is 10.3 Å². The van der Waals surface area contributed by atoms with Crippen LogP contribution in [-0.2, 0) is 9.36 Å². The summed E-state index contributed by atoms with van der Waals surface area (Å²) in [6.45, 7) is 3.64. The minimum absolute atomic E-state index is 0.0658. The molecule has 2 aromatic carbocycles. The van der Waals surface area contributed by atoms with Crippen molar-refractivity contribution in [3.8, 4) is 0 Å². The van der Waals surface area contributed by atoms with Crippen LogP contribution in [0.15, 0.2) is 72.8 Å². The number of nitrogens with two attached hydrogens (primary N) is 1. The Kier molecular flexibility index (Phi) is 4.21. The minimum Gasteiger partial charge on any atom is -0.366 e. The number of rotatable bonds is 5. The van der Waals surface area contributed by atoms with E-state index in [1.165, 1.54) is 0 Å². The molecule has 0 aliphatic rings. The first kappa shape index (κ1) is 14.3. The van der Waals surface area contributed by atoms with Crippen molar-refractivity contribution in [3.05, 3.63) is 72.8 Å². The number of hydrogen-bond donors (Lipinski definition) is 1. The van der Waals surface area contributed by atoms with E-state index in [0.29, 0.717) is 10.6 Å². The van der Waals surface area contributed by atoms with Gasteiger partial charge in [-0.3, -0.25) is 4.79 Å². The van der Waals surface area contributed by atoms with E-state index in [1.54, 1.807) is 0 Å². The Hall–Kier alpha value is -2.12. The smallest absolute Gasteiger partial charge is 0.244 e. The summed E-state index contributed by atoms with van der Waals surface area (Å²) in [5.74, 6) is -0.614. The highest BCUT2D eigenvalue weighted by molar-refractivity contribution is 7.78. The molecule has 0 atom stereocenters. The number of amides is 1. The summed E-state index contributed by atoms with van der Waals surface area (Å²) in [4.78, 5) is 11.2. The van der Waals surface area contributed by atoms with E-state index in [2.05, 4.69) is 6.58 Å². The third kappa shape index (κ3) is 2.89. The Bertz CT molecular complexity index is 622. The van der Waals surface area contributed by atoms with E-state index in [4.69, 9.17) is 5.73 Å². The molecule has 0 aliphatic heterocycles. The molecular weight excluding hydrogens is 269 g/mol. The first-order chi connectivity index (χ1) is 9.54. The van der Waals surface area contributed by atoms with Crippen molar-refractivity contribution >= 4 is 23.7 Å². The second kappa shape index (κ2) is 5.89. The molecule has 1 amide bonds. The van der Waals surface area contributed by atoms with Gasteiger partial charge in [0.25, 0.3) is 0 Å². The van der Waals surface area contributed by atoms with E-state index in [-0.39, 0.29) is 11.7 Å². The van der Waals surface area contributed by atoms with Gasteiger partial charge in [0, 0.05) is 22.3 Å². The molecule has 0 spiro atoms. The van der Waals surface area contributed by atoms with E-state index in [0.717, 1.165) is 0 Å². The van der Waals surface area contributed by atoms with Gasteiger partial charge in [-0.2, -0.15) is 0 Å². The van der Waals surface area contributed by atoms with Crippen molar-refractivity contribution < 1.29 is 9.36 Å². The Morgan fingerprint density at radius 2 is 1.35 bits per heavy atom. The molecule has 2 aromatic rings. The molecule has 2 N–H and O–H groups in total. The summed E-state index contributed by atoms with van der Waals surface area (Å²) in [6.07, 6.45) is 0.0658. The van der Waals surface area contributed by atoms with Crippen LogP contribution in [0.1, 0.15) is 0 Å². The Morgan fingerprint density at radius 1 is 0.950 bits per heavy atom. The molecular formula is C16H16NO2P. The molecule has 3 nitrogen and oxygen atoms in total. The highest BCUT2D eigenvalue weighted by atomic mass is 31.2. The zero-order valence-corrected chi connectivity index (χ0v) is 11.9. The lowest BCUT2D eigenvalue weighted by molar-refractivity contribution is -0.114. The molecule has 0 saturated heterocycles. The van der Waals surface area contributed by atoms with Crippen molar-refractivity contribution in [2.75, 3.05) is 6.16 Å². The number of primary amides is 1. The third-order valence-electron chi connectivity index (χ3n) is 3.11.